The zero-order valence-corrected chi connectivity index (χ0v) is 11.3. The van der Waals surface area contributed by atoms with E-state index in [1.165, 1.54) is 0 Å². The van der Waals surface area contributed by atoms with Gasteiger partial charge in [-0.25, -0.2) is 0 Å². The first kappa shape index (κ1) is 12.3. The zero-order valence-electron chi connectivity index (χ0n) is 11.3. The molecule has 0 aliphatic carbocycles. The molecule has 3 nitrogen and oxygen atoms in total. The van der Waals surface area contributed by atoms with Crippen LogP contribution in [0.2, 0.25) is 0 Å². The number of hydrogen-bond acceptors (Lipinski definition) is 2. The largest absolute Gasteiger partial charge is 0.492 e. The number of ether oxygens (including phenoxy) is 1. The molecule has 1 aromatic rings. The van der Waals surface area contributed by atoms with Crippen LogP contribution in [0.1, 0.15) is 25.3 Å². The number of fused-ring (bicyclic) bond motifs is 1. The number of nitrogens with zero attached hydrogens (tertiary/aromatic N) is 1. The van der Waals surface area contributed by atoms with E-state index in [4.69, 9.17) is 4.74 Å². The highest BCUT2D eigenvalue weighted by Crippen LogP contribution is 2.40. The molecular formula is C16H19NO2. The molecule has 2 aliphatic heterocycles. The summed E-state index contributed by atoms with van der Waals surface area (Å²) >= 11 is 0. The van der Waals surface area contributed by atoms with Crippen molar-refractivity contribution in [2.45, 2.75) is 25.2 Å². The maximum absolute atomic E-state index is 12.4. The molecule has 19 heavy (non-hydrogen) atoms. The fraction of sp³-hybridized carbons (Fsp3) is 0.438. The van der Waals surface area contributed by atoms with Crippen LogP contribution in [-0.4, -0.2) is 30.5 Å². The number of carbonyl (C=O) groups excluding carboxylic acids is 1. The summed E-state index contributed by atoms with van der Waals surface area (Å²) in [6.07, 6.45) is 5.70. The molecule has 1 aromatic carbocycles. The van der Waals surface area contributed by atoms with Crippen molar-refractivity contribution in [2.24, 2.45) is 0 Å². The summed E-state index contributed by atoms with van der Waals surface area (Å²) in [5.41, 5.74) is 0.977. The molecular weight excluding hydrogens is 238 g/mol. The Morgan fingerprint density at radius 1 is 1.37 bits per heavy atom. The van der Waals surface area contributed by atoms with E-state index < -0.39 is 0 Å². The molecule has 3 rings (SSSR count). The van der Waals surface area contributed by atoms with Gasteiger partial charge < -0.3 is 9.64 Å². The highest BCUT2D eigenvalue weighted by Gasteiger charge is 2.38. The summed E-state index contributed by atoms with van der Waals surface area (Å²) in [4.78, 5) is 14.3. The van der Waals surface area contributed by atoms with Crippen molar-refractivity contribution in [3.63, 3.8) is 0 Å². The molecule has 2 heterocycles. The summed E-state index contributed by atoms with van der Waals surface area (Å²) in [5.74, 6) is 1.16. The molecule has 1 amide bonds. The SMILES string of the molecule is CC1(CC(=O)N2CC=CCC2)COc2ccccc21. The average Bonchev–Trinajstić information content (AvgIpc) is 2.78. The Kier molecular flexibility index (Phi) is 3.05. The topological polar surface area (TPSA) is 29.5 Å². The van der Waals surface area contributed by atoms with Crippen molar-refractivity contribution in [1.29, 1.82) is 0 Å². The first-order valence-corrected chi connectivity index (χ1v) is 6.84. The number of carbonyl (C=O) groups is 1. The first-order chi connectivity index (χ1) is 9.19. The van der Waals surface area contributed by atoms with E-state index in [9.17, 15) is 4.79 Å². The standard InChI is InChI=1S/C16H19NO2/c1-16(11-15(18)17-9-5-2-6-10-17)12-19-14-8-4-3-7-13(14)16/h2-5,7-8H,6,9-12H2,1H3. The molecule has 0 spiro atoms. The van der Waals surface area contributed by atoms with Crippen LogP contribution in [0.3, 0.4) is 0 Å². The molecule has 0 fully saturated rings. The van der Waals surface area contributed by atoms with E-state index in [2.05, 4.69) is 25.1 Å². The van der Waals surface area contributed by atoms with E-state index in [1.807, 2.05) is 23.1 Å². The van der Waals surface area contributed by atoms with Crippen LogP contribution in [0.4, 0.5) is 0 Å². The molecule has 100 valence electrons. The lowest BCUT2D eigenvalue weighted by molar-refractivity contribution is -0.132. The molecule has 0 bridgehead atoms. The lowest BCUT2D eigenvalue weighted by Gasteiger charge is -2.28. The lowest BCUT2D eigenvalue weighted by atomic mass is 9.81. The van der Waals surface area contributed by atoms with Crippen molar-refractivity contribution >= 4 is 5.91 Å². The summed E-state index contributed by atoms with van der Waals surface area (Å²) < 4.78 is 5.72. The number of benzene rings is 1. The van der Waals surface area contributed by atoms with Gasteiger partial charge in [-0.15, -0.1) is 0 Å². The minimum atomic E-state index is -0.186. The third-order valence-electron chi connectivity index (χ3n) is 4.04. The van der Waals surface area contributed by atoms with E-state index in [1.54, 1.807) is 0 Å². The van der Waals surface area contributed by atoms with Gasteiger partial charge >= 0.3 is 0 Å². The molecule has 0 radical (unpaired) electrons. The van der Waals surface area contributed by atoms with E-state index >= 15 is 0 Å². The van der Waals surface area contributed by atoms with Crippen molar-refractivity contribution in [3.8, 4) is 5.75 Å². The highest BCUT2D eigenvalue weighted by atomic mass is 16.5. The van der Waals surface area contributed by atoms with Gasteiger partial charge in [0, 0.05) is 30.5 Å². The Morgan fingerprint density at radius 3 is 3.00 bits per heavy atom. The van der Waals surface area contributed by atoms with Crippen molar-refractivity contribution in [2.75, 3.05) is 19.7 Å². The van der Waals surface area contributed by atoms with Gasteiger partial charge in [0.25, 0.3) is 0 Å². The van der Waals surface area contributed by atoms with Gasteiger partial charge in [-0.05, 0) is 12.5 Å². The Hall–Kier alpha value is -1.77. The van der Waals surface area contributed by atoms with Crippen LogP contribution in [0.5, 0.6) is 5.75 Å². The lowest BCUT2D eigenvalue weighted by Crippen LogP contribution is -2.39. The second-order valence-electron chi connectivity index (χ2n) is 5.62. The average molecular weight is 257 g/mol. The van der Waals surface area contributed by atoms with E-state index in [0.29, 0.717) is 13.0 Å². The molecule has 0 N–H and O–H groups in total. The third-order valence-corrected chi connectivity index (χ3v) is 4.04. The van der Waals surface area contributed by atoms with Crippen LogP contribution in [0.25, 0.3) is 0 Å². The Morgan fingerprint density at radius 2 is 2.21 bits per heavy atom. The smallest absolute Gasteiger partial charge is 0.223 e. The number of para-hydroxylation sites is 1. The van der Waals surface area contributed by atoms with Crippen molar-refractivity contribution in [1.82, 2.24) is 4.90 Å². The molecule has 0 aromatic heterocycles. The number of amides is 1. The van der Waals surface area contributed by atoms with E-state index in [0.717, 1.165) is 30.8 Å². The van der Waals surface area contributed by atoms with Crippen molar-refractivity contribution in [3.05, 3.63) is 42.0 Å². The van der Waals surface area contributed by atoms with Crippen LogP contribution in [-0.2, 0) is 10.2 Å². The molecule has 0 saturated carbocycles. The van der Waals surface area contributed by atoms with Gasteiger partial charge in [0.2, 0.25) is 5.91 Å². The van der Waals surface area contributed by atoms with Gasteiger partial charge in [0.1, 0.15) is 5.75 Å². The Labute approximate surface area is 113 Å². The fourth-order valence-corrected chi connectivity index (χ4v) is 2.87. The molecule has 1 unspecified atom stereocenters. The fourth-order valence-electron chi connectivity index (χ4n) is 2.87. The minimum absolute atomic E-state index is 0.186. The maximum atomic E-state index is 12.4. The van der Waals surface area contributed by atoms with Gasteiger partial charge in [-0.3, -0.25) is 4.79 Å². The van der Waals surface area contributed by atoms with Gasteiger partial charge in [-0.2, -0.15) is 0 Å². The van der Waals surface area contributed by atoms with Crippen LogP contribution >= 0.6 is 0 Å². The minimum Gasteiger partial charge on any atom is -0.492 e. The highest BCUT2D eigenvalue weighted by molar-refractivity contribution is 5.78. The number of rotatable bonds is 2. The van der Waals surface area contributed by atoms with Crippen molar-refractivity contribution < 1.29 is 9.53 Å². The second kappa shape index (κ2) is 4.72. The molecule has 1 atom stereocenters. The summed E-state index contributed by atoms with van der Waals surface area (Å²) in [5, 5.41) is 0. The zero-order chi connectivity index (χ0) is 13.3. The van der Waals surface area contributed by atoms with Gasteiger partial charge in [0.05, 0.1) is 6.61 Å². The maximum Gasteiger partial charge on any atom is 0.223 e. The number of hydrogen-bond donors (Lipinski definition) is 0. The predicted molar refractivity (Wildman–Crippen MR) is 74.2 cm³/mol. The molecule has 3 heteroatoms. The predicted octanol–water partition coefficient (Wildman–Crippen LogP) is 2.52. The van der Waals surface area contributed by atoms with Crippen LogP contribution in [0, 0.1) is 0 Å². The summed E-state index contributed by atoms with van der Waals surface area (Å²) in [7, 11) is 0. The first-order valence-electron chi connectivity index (χ1n) is 6.84. The van der Waals surface area contributed by atoms with Crippen LogP contribution < -0.4 is 4.74 Å². The summed E-state index contributed by atoms with van der Waals surface area (Å²) in [6.45, 7) is 4.31. The molecule has 0 saturated heterocycles. The third kappa shape index (κ3) is 2.25. The van der Waals surface area contributed by atoms with Gasteiger partial charge in [0.15, 0.2) is 0 Å². The van der Waals surface area contributed by atoms with Gasteiger partial charge in [-0.1, -0.05) is 37.3 Å². The molecule has 2 aliphatic rings. The van der Waals surface area contributed by atoms with E-state index in [-0.39, 0.29) is 11.3 Å². The monoisotopic (exact) mass is 257 g/mol. The van der Waals surface area contributed by atoms with Crippen LogP contribution in [0.15, 0.2) is 36.4 Å². The Balaban J connectivity index is 1.76. The second-order valence-corrected chi connectivity index (χ2v) is 5.62. The summed E-state index contributed by atoms with van der Waals surface area (Å²) in [6, 6.07) is 8.04. The normalized spacial score (nSPS) is 25.0. The Bertz CT molecular complexity index is 523. The quantitative estimate of drug-likeness (QED) is 0.762.